The third-order valence-electron chi connectivity index (χ3n) is 2.47. The quantitative estimate of drug-likeness (QED) is 0.775. The fourth-order valence-electron chi connectivity index (χ4n) is 1.45. The van der Waals surface area contributed by atoms with E-state index in [0.717, 1.165) is 6.42 Å². The van der Waals surface area contributed by atoms with Gasteiger partial charge in [-0.05, 0) is 30.5 Å². The minimum atomic E-state index is -1.08. The van der Waals surface area contributed by atoms with Gasteiger partial charge in [-0.3, -0.25) is 0 Å². The first-order chi connectivity index (χ1) is 8.90. The van der Waals surface area contributed by atoms with Crippen molar-refractivity contribution in [3.63, 3.8) is 0 Å². The number of benzene rings is 1. The van der Waals surface area contributed by atoms with Gasteiger partial charge in [0, 0.05) is 11.0 Å². The molecule has 0 unspecified atom stereocenters. The maximum Gasteiger partial charge on any atom is 0.337 e. The Bertz CT molecular complexity index is 475. The van der Waals surface area contributed by atoms with E-state index < -0.39 is 12.0 Å². The van der Waals surface area contributed by atoms with Gasteiger partial charge < -0.3 is 15.7 Å². The fraction of sp³-hybridized carbons (Fsp3) is 0.385. The molecule has 2 amide bonds. The van der Waals surface area contributed by atoms with E-state index in [0.29, 0.717) is 16.9 Å². The molecule has 0 aromatic heterocycles. The lowest BCUT2D eigenvalue weighted by Crippen LogP contribution is -2.30. The van der Waals surface area contributed by atoms with Crippen LogP contribution in [0.25, 0.3) is 0 Å². The number of carbonyl (C=O) groups excluding carboxylic acids is 1. The highest BCUT2D eigenvalue weighted by Gasteiger charge is 2.12. The van der Waals surface area contributed by atoms with Crippen molar-refractivity contribution < 1.29 is 14.7 Å². The molecular formula is C13H17BrN2O3. The molecule has 0 aliphatic rings. The van der Waals surface area contributed by atoms with Crippen LogP contribution < -0.4 is 10.6 Å². The van der Waals surface area contributed by atoms with Crippen LogP contribution in [0.2, 0.25) is 0 Å². The highest BCUT2D eigenvalue weighted by molar-refractivity contribution is 9.10. The van der Waals surface area contributed by atoms with E-state index in [1.165, 1.54) is 6.07 Å². The Balaban J connectivity index is 2.67. The van der Waals surface area contributed by atoms with Crippen molar-refractivity contribution in [2.45, 2.75) is 20.3 Å². The summed E-state index contributed by atoms with van der Waals surface area (Å²) in [6, 6.07) is 4.22. The summed E-state index contributed by atoms with van der Waals surface area (Å²) < 4.78 is 0.704. The molecule has 1 rings (SSSR count). The number of anilines is 1. The van der Waals surface area contributed by atoms with Crippen molar-refractivity contribution in [2.75, 3.05) is 11.9 Å². The molecule has 5 nitrogen and oxygen atoms in total. The second kappa shape index (κ2) is 7.13. The van der Waals surface area contributed by atoms with Crippen LogP contribution in [0.3, 0.4) is 0 Å². The number of hydrogen-bond donors (Lipinski definition) is 3. The molecule has 0 saturated heterocycles. The normalized spacial score (nSPS) is 10.3. The van der Waals surface area contributed by atoms with E-state index in [1.807, 2.05) is 0 Å². The molecule has 1 aromatic rings. The van der Waals surface area contributed by atoms with Crippen LogP contribution in [0.1, 0.15) is 30.6 Å². The number of aromatic carboxylic acids is 1. The summed E-state index contributed by atoms with van der Waals surface area (Å²) in [6.45, 7) is 4.69. The number of hydrogen-bond acceptors (Lipinski definition) is 2. The molecule has 1 aromatic carbocycles. The third kappa shape index (κ3) is 5.30. The Kier molecular flexibility index (Phi) is 5.82. The van der Waals surface area contributed by atoms with E-state index in [2.05, 4.69) is 40.4 Å². The van der Waals surface area contributed by atoms with Gasteiger partial charge in [-0.2, -0.15) is 0 Å². The van der Waals surface area contributed by atoms with Crippen LogP contribution in [0.15, 0.2) is 22.7 Å². The molecule has 3 N–H and O–H groups in total. The molecule has 0 heterocycles. The number of rotatable bonds is 5. The summed E-state index contributed by atoms with van der Waals surface area (Å²) in [6.07, 6.45) is 0.873. The van der Waals surface area contributed by atoms with Crippen molar-refractivity contribution in [1.29, 1.82) is 0 Å². The predicted molar refractivity (Wildman–Crippen MR) is 77.6 cm³/mol. The number of amides is 2. The fourth-order valence-corrected chi connectivity index (χ4v) is 1.81. The smallest absolute Gasteiger partial charge is 0.337 e. The Labute approximate surface area is 120 Å². The van der Waals surface area contributed by atoms with Crippen LogP contribution >= 0.6 is 15.9 Å². The average molecular weight is 329 g/mol. The Morgan fingerprint density at radius 3 is 2.63 bits per heavy atom. The maximum absolute atomic E-state index is 11.6. The lowest BCUT2D eigenvalue weighted by Gasteiger charge is -2.11. The molecule has 0 aliphatic carbocycles. The van der Waals surface area contributed by atoms with Crippen molar-refractivity contribution >= 4 is 33.6 Å². The minimum absolute atomic E-state index is 0.0576. The number of halogens is 1. The van der Waals surface area contributed by atoms with Gasteiger partial charge in [0.1, 0.15) is 0 Å². The van der Waals surface area contributed by atoms with Gasteiger partial charge in [0.2, 0.25) is 0 Å². The molecule has 0 atom stereocenters. The van der Waals surface area contributed by atoms with E-state index in [4.69, 9.17) is 5.11 Å². The summed E-state index contributed by atoms with van der Waals surface area (Å²) in [7, 11) is 0. The predicted octanol–water partition coefficient (Wildman–Crippen LogP) is 3.31. The molecule has 0 spiro atoms. The van der Waals surface area contributed by atoms with E-state index in [-0.39, 0.29) is 11.3 Å². The first-order valence-electron chi connectivity index (χ1n) is 5.98. The van der Waals surface area contributed by atoms with Crippen molar-refractivity contribution in [3.8, 4) is 0 Å². The first-order valence-corrected chi connectivity index (χ1v) is 6.77. The number of carbonyl (C=O) groups is 2. The molecule has 0 radical (unpaired) electrons. The second-order valence-corrected chi connectivity index (χ2v) is 5.47. The number of carboxylic acid groups (broad SMARTS) is 1. The van der Waals surface area contributed by atoms with Gasteiger partial charge in [-0.25, -0.2) is 9.59 Å². The highest BCUT2D eigenvalue weighted by atomic mass is 79.9. The Morgan fingerprint density at radius 1 is 1.37 bits per heavy atom. The van der Waals surface area contributed by atoms with Crippen LogP contribution in [0, 0.1) is 5.92 Å². The zero-order chi connectivity index (χ0) is 14.4. The standard InChI is InChI=1S/C13H17BrN2O3/c1-8(2)5-6-15-13(19)16-11-7-9(14)3-4-10(11)12(17)18/h3-4,7-8H,5-6H2,1-2H3,(H,17,18)(H2,15,16,19). The summed E-state index contributed by atoms with van der Waals surface area (Å²) in [5, 5.41) is 14.3. The van der Waals surface area contributed by atoms with Crippen LogP contribution in [0.5, 0.6) is 0 Å². The largest absolute Gasteiger partial charge is 0.478 e. The number of nitrogens with one attached hydrogen (secondary N) is 2. The monoisotopic (exact) mass is 328 g/mol. The average Bonchev–Trinajstić information content (AvgIpc) is 2.27. The SMILES string of the molecule is CC(C)CCNC(=O)Nc1cc(Br)ccc1C(=O)O. The van der Waals surface area contributed by atoms with E-state index in [1.54, 1.807) is 12.1 Å². The summed E-state index contributed by atoms with van der Waals surface area (Å²) in [5.74, 6) is -0.578. The number of carboxylic acids is 1. The molecule has 0 aliphatic heterocycles. The van der Waals surface area contributed by atoms with Gasteiger partial charge >= 0.3 is 12.0 Å². The Morgan fingerprint density at radius 2 is 2.05 bits per heavy atom. The molecule has 6 heteroatoms. The summed E-state index contributed by atoms with van der Waals surface area (Å²) >= 11 is 3.24. The zero-order valence-electron chi connectivity index (χ0n) is 10.9. The van der Waals surface area contributed by atoms with Crippen LogP contribution in [-0.4, -0.2) is 23.7 Å². The van der Waals surface area contributed by atoms with Gasteiger partial charge in [-0.1, -0.05) is 29.8 Å². The number of urea groups is 1. The lowest BCUT2D eigenvalue weighted by atomic mass is 10.1. The minimum Gasteiger partial charge on any atom is -0.478 e. The van der Waals surface area contributed by atoms with Crippen molar-refractivity contribution in [1.82, 2.24) is 5.32 Å². The van der Waals surface area contributed by atoms with Crippen LogP contribution in [-0.2, 0) is 0 Å². The van der Waals surface area contributed by atoms with Crippen molar-refractivity contribution in [2.24, 2.45) is 5.92 Å². The maximum atomic E-state index is 11.6. The highest BCUT2D eigenvalue weighted by Crippen LogP contribution is 2.21. The molecule has 0 fully saturated rings. The Hall–Kier alpha value is -1.56. The lowest BCUT2D eigenvalue weighted by molar-refractivity contribution is 0.0698. The van der Waals surface area contributed by atoms with Gasteiger partial charge in [0.15, 0.2) is 0 Å². The molecule has 104 valence electrons. The third-order valence-corrected chi connectivity index (χ3v) is 2.96. The summed E-state index contributed by atoms with van der Waals surface area (Å²) in [5.41, 5.74) is 0.325. The van der Waals surface area contributed by atoms with E-state index in [9.17, 15) is 9.59 Å². The zero-order valence-corrected chi connectivity index (χ0v) is 12.5. The molecule has 0 bridgehead atoms. The first kappa shape index (κ1) is 15.5. The van der Waals surface area contributed by atoms with Gasteiger partial charge in [-0.15, -0.1) is 0 Å². The molecule has 19 heavy (non-hydrogen) atoms. The van der Waals surface area contributed by atoms with Gasteiger partial charge in [0.05, 0.1) is 11.3 Å². The van der Waals surface area contributed by atoms with Crippen molar-refractivity contribution in [3.05, 3.63) is 28.2 Å². The second-order valence-electron chi connectivity index (χ2n) is 4.56. The molecule has 0 saturated carbocycles. The topological polar surface area (TPSA) is 78.4 Å². The van der Waals surface area contributed by atoms with E-state index >= 15 is 0 Å². The molecular weight excluding hydrogens is 312 g/mol. The summed E-state index contributed by atoms with van der Waals surface area (Å²) in [4.78, 5) is 22.7. The van der Waals surface area contributed by atoms with Gasteiger partial charge in [0.25, 0.3) is 0 Å². The van der Waals surface area contributed by atoms with Crippen LogP contribution in [0.4, 0.5) is 10.5 Å².